The number of dihydropyridines is 1. The summed E-state index contributed by atoms with van der Waals surface area (Å²) in [7, 11) is 0. The zero-order valence-electron chi connectivity index (χ0n) is 10.4. The highest BCUT2D eigenvalue weighted by molar-refractivity contribution is 5.40. The van der Waals surface area contributed by atoms with E-state index in [2.05, 4.69) is 31.3 Å². The summed E-state index contributed by atoms with van der Waals surface area (Å²) in [5.74, 6) is 0.432. The maximum Gasteiger partial charge on any atom is 0.0919 e. The Kier molecular flexibility index (Phi) is 4.90. The Bertz CT molecular complexity index is 359. The summed E-state index contributed by atoms with van der Waals surface area (Å²) >= 11 is 0. The molecule has 1 rings (SSSR count). The van der Waals surface area contributed by atoms with E-state index < -0.39 is 0 Å². The Morgan fingerprint density at radius 1 is 1.31 bits per heavy atom. The molecule has 0 fully saturated rings. The molecule has 0 saturated heterocycles. The maximum atomic E-state index is 9.41. The smallest absolute Gasteiger partial charge is 0.0919 e. The molecule has 0 aromatic rings. The Hall–Kier alpha value is -1.44. The molecule has 0 amide bonds. The van der Waals surface area contributed by atoms with Crippen LogP contribution >= 0.6 is 0 Å². The minimum Gasteiger partial charge on any atom is -0.512 e. The van der Waals surface area contributed by atoms with E-state index in [4.69, 9.17) is 0 Å². The van der Waals surface area contributed by atoms with Gasteiger partial charge in [-0.2, -0.15) is 0 Å². The van der Waals surface area contributed by atoms with Gasteiger partial charge >= 0.3 is 0 Å². The van der Waals surface area contributed by atoms with Crippen molar-refractivity contribution < 1.29 is 5.11 Å². The first-order chi connectivity index (χ1) is 7.67. The number of allylic oxidation sites excluding steroid dienone is 6. The Morgan fingerprint density at radius 3 is 2.56 bits per heavy atom. The predicted octanol–water partition coefficient (Wildman–Crippen LogP) is 3.61. The van der Waals surface area contributed by atoms with E-state index in [0.717, 1.165) is 13.0 Å². The van der Waals surface area contributed by atoms with Crippen molar-refractivity contribution in [3.8, 4) is 0 Å². The van der Waals surface area contributed by atoms with Crippen molar-refractivity contribution in [2.75, 3.05) is 6.54 Å². The van der Waals surface area contributed by atoms with Gasteiger partial charge in [-0.05, 0) is 36.6 Å². The highest BCUT2D eigenvalue weighted by Gasteiger charge is 2.05. The number of rotatable bonds is 4. The first kappa shape index (κ1) is 12.6. The number of aliphatic hydroxyl groups excluding tert-OH is 1. The molecular weight excluding hydrogens is 198 g/mol. The third-order valence-corrected chi connectivity index (χ3v) is 2.72. The van der Waals surface area contributed by atoms with Gasteiger partial charge in [-0.1, -0.05) is 26.0 Å². The average molecular weight is 219 g/mol. The average Bonchev–Trinajstić information content (AvgIpc) is 2.31. The lowest BCUT2D eigenvalue weighted by Crippen LogP contribution is -2.18. The van der Waals surface area contributed by atoms with E-state index in [1.165, 1.54) is 16.8 Å². The highest BCUT2D eigenvalue weighted by atomic mass is 16.3. The molecule has 16 heavy (non-hydrogen) atoms. The van der Waals surface area contributed by atoms with Gasteiger partial charge in [0.25, 0.3) is 0 Å². The van der Waals surface area contributed by atoms with E-state index in [0.29, 0.717) is 12.2 Å². The molecule has 1 heterocycles. The van der Waals surface area contributed by atoms with Crippen LogP contribution in [0.3, 0.4) is 0 Å². The maximum absolute atomic E-state index is 9.41. The van der Waals surface area contributed by atoms with Crippen LogP contribution in [-0.2, 0) is 0 Å². The van der Waals surface area contributed by atoms with Crippen LogP contribution in [0.1, 0.15) is 33.6 Å². The van der Waals surface area contributed by atoms with Gasteiger partial charge < -0.3 is 10.4 Å². The predicted molar refractivity (Wildman–Crippen MR) is 69.2 cm³/mol. The third-order valence-electron chi connectivity index (χ3n) is 2.72. The first-order valence-corrected chi connectivity index (χ1v) is 5.87. The van der Waals surface area contributed by atoms with E-state index in [1.807, 2.05) is 13.0 Å². The molecule has 0 bridgehead atoms. The van der Waals surface area contributed by atoms with Gasteiger partial charge in [-0.3, -0.25) is 0 Å². The molecule has 0 aromatic carbocycles. The van der Waals surface area contributed by atoms with Crippen molar-refractivity contribution in [1.29, 1.82) is 0 Å². The summed E-state index contributed by atoms with van der Waals surface area (Å²) in [5, 5.41) is 12.7. The van der Waals surface area contributed by atoms with Gasteiger partial charge in [-0.15, -0.1) is 0 Å². The minimum atomic E-state index is 0.432. The second kappa shape index (κ2) is 6.21. The first-order valence-electron chi connectivity index (χ1n) is 5.87. The van der Waals surface area contributed by atoms with E-state index in [9.17, 15) is 5.11 Å². The second-order valence-electron chi connectivity index (χ2n) is 3.95. The molecule has 0 aliphatic carbocycles. The van der Waals surface area contributed by atoms with Gasteiger partial charge in [0.05, 0.1) is 5.76 Å². The van der Waals surface area contributed by atoms with Crippen molar-refractivity contribution >= 4 is 0 Å². The zero-order chi connectivity index (χ0) is 12.0. The largest absolute Gasteiger partial charge is 0.512 e. The molecular formula is C14H21NO. The molecule has 2 nitrogen and oxygen atoms in total. The molecule has 0 aromatic heterocycles. The fourth-order valence-electron chi connectivity index (χ4n) is 1.57. The number of nitrogens with one attached hydrogen (secondary N) is 1. The van der Waals surface area contributed by atoms with Gasteiger partial charge in [0.15, 0.2) is 0 Å². The Labute approximate surface area is 98.1 Å². The van der Waals surface area contributed by atoms with Crippen molar-refractivity contribution in [3.05, 3.63) is 46.9 Å². The summed E-state index contributed by atoms with van der Waals surface area (Å²) in [4.78, 5) is 0. The molecule has 0 unspecified atom stereocenters. The molecule has 0 atom stereocenters. The van der Waals surface area contributed by atoms with Crippen LogP contribution in [0, 0.1) is 0 Å². The molecule has 2 heteroatoms. The quantitative estimate of drug-likeness (QED) is 0.559. The zero-order valence-corrected chi connectivity index (χ0v) is 10.4. The Morgan fingerprint density at radius 2 is 2.06 bits per heavy atom. The van der Waals surface area contributed by atoms with Crippen LogP contribution < -0.4 is 5.32 Å². The highest BCUT2D eigenvalue weighted by Crippen LogP contribution is 2.17. The fourth-order valence-corrected chi connectivity index (χ4v) is 1.57. The lowest BCUT2D eigenvalue weighted by Gasteiger charge is -2.16. The van der Waals surface area contributed by atoms with Crippen molar-refractivity contribution in [3.63, 3.8) is 0 Å². The SMILES string of the molecule is CC/C(O)=C\C=C(/CC)C1=CC=C(C)NC1. The van der Waals surface area contributed by atoms with Crippen LogP contribution in [0.15, 0.2) is 46.9 Å². The minimum absolute atomic E-state index is 0.432. The second-order valence-corrected chi connectivity index (χ2v) is 3.95. The van der Waals surface area contributed by atoms with Gasteiger partial charge in [0.1, 0.15) is 0 Å². The van der Waals surface area contributed by atoms with Crippen LogP contribution in [0.5, 0.6) is 0 Å². The van der Waals surface area contributed by atoms with Crippen LogP contribution in [0.25, 0.3) is 0 Å². The van der Waals surface area contributed by atoms with Crippen molar-refractivity contribution in [1.82, 2.24) is 5.32 Å². The topological polar surface area (TPSA) is 32.3 Å². The number of hydrogen-bond donors (Lipinski definition) is 2. The fraction of sp³-hybridized carbons (Fsp3) is 0.429. The third kappa shape index (κ3) is 3.61. The summed E-state index contributed by atoms with van der Waals surface area (Å²) in [6, 6.07) is 0. The molecule has 88 valence electrons. The number of aliphatic hydroxyl groups is 1. The van der Waals surface area contributed by atoms with E-state index in [-0.39, 0.29) is 0 Å². The van der Waals surface area contributed by atoms with E-state index >= 15 is 0 Å². The summed E-state index contributed by atoms with van der Waals surface area (Å²) in [6.07, 6.45) is 9.72. The van der Waals surface area contributed by atoms with Crippen LogP contribution in [0.4, 0.5) is 0 Å². The normalized spacial score (nSPS) is 17.7. The van der Waals surface area contributed by atoms with Crippen LogP contribution in [0.2, 0.25) is 0 Å². The lowest BCUT2D eigenvalue weighted by molar-refractivity contribution is 0.394. The molecule has 2 N–H and O–H groups in total. The van der Waals surface area contributed by atoms with Crippen molar-refractivity contribution in [2.45, 2.75) is 33.6 Å². The molecule has 0 spiro atoms. The van der Waals surface area contributed by atoms with Gasteiger partial charge in [-0.25, -0.2) is 0 Å². The summed E-state index contributed by atoms with van der Waals surface area (Å²) in [6.45, 7) is 7.02. The van der Waals surface area contributed by atoms with Crippen molar-refractivity contribution in [2.24, 2.45) is 0 Å². The summed E-state index contributed by atoms with van der Waals surface area (Å²) < 4.78 is 0. The molecule has 1 aliphatic heterocycles. The lowest BCUT2D eigenvalue weighted by atomic mass is 10.0. The summed E-state index contributed by atoms with van der Waals surface area (Å²) in [5.41, 5.74) is 3.77. The van der Waals surface area contributed by atoms with Gasteiger partial charge in [0, 0.05) is 18.7 Å². The standard InChI is InChI=1S/C14H21NO/c1-4-12(8-9-14(16)5-2)13-7-6-11(3)15-10-13/h6-9,15-16H,4-5,10H2,1-3H3/b12-8+,14-9+. The molecule has 0 radical (unpaired) electrons. The van der Waals surface area contributed by atoms with E-state index in [1.54, 1.807) is 6.08 Å². The molecule has 0 saturated carbocycles. The Balaban J connectivity index is 2.83. The van der Waals surface area contributed by atoms with Gasteiger partial charge in [0.2, 0.25) is 0 Å². The molecule has 1 aliphatic rings. The van der Waals surface area contributed by atoms with Crippen LogP contribution in [-0.4, -0.2) is 11.7 Å². The number of hydrogen-bond acceptors (Lipinski definition) is 2. The monoisotopic (exact) mass is 219 g/mol.